The Hall–Kier alpha value is -0.900. The molecule has 1 atom stereocenters. The molecule has 1 aliphatic rings. The predicted molar refractivity (Wildman–Crippen MR) is 45.3 cm³/mol. The first-order valence-corrected chi connectivity index (χ1v) is 4.39. The zero-order valence-electron chi connectivity index (χ0n) is 7.27. The van der Waals surface area contributed by atoms with Gasteiger partial charge in [0.1, 0.15) is 0 Å². The third kappa shape index (κ3) is 1.12. The van der Waals surface area contributed by atoms with Gasteiger partial charge in [-0.1, -0.05) is 11.6 Å². The van der Waals surface area contributed by atoms with Gasteiger partial charge in [-0.3, -0.25) is 4.68 Å². The minimum absolute atomic E-state index is 0.138. The molecular weight excluding hydrogens is 152 g/mol. The average Bonchev–Trinajstić information content (AvgIpc) is 2.31. The van der Waals surface area contributed by atoms with Gasteiger partial charge in [0.25, 0.3) is 0 Å². The molecule has 0 aliphatic heterocycles. The molecule has 4 heteroatoms. The Morgan fingerprint density at radius 3 is 2.83 bits per heavy atom. The minimum atomic E-state index is 0.138. The Morgan fingerprint density at radius 1 is 1.67 bits per heavy atom. The van der Waals surface area contributed by atoms with E-state index in [0.717, 1.165) is 5.69 Å². The Bertz CT molecular complexity index is 264. The van der Waals surface area contributed by atoms with E-state index in [1.807, 2.05) is 7.05 Å². The summed E-state index contributed by atoms with van der Waals surface area (Å²) < 4.78 is 1.77. The number of nitrogens with zero attached hydrogens (tertiary/aromatic N) is 3. The van der Waals surface area contributed by atoms with Crippen LogP contribution in [0, 0.1) is 5.92 Å². The standard InChI is InChI=1S/C8H14N4/c1-12-7(5-10-11-12)8(9)6-3-2-4-6/h5-6,8H,2-4,9H2,1H3. The maximum absolute atomic E-state index is 6.04. The second kappa shape index (κ2) is 2.86. The molecule has 0 amide bonds. The molecule has 66 valence electrons. The highest BCUT2D eigenvalue weighted by Gasteiger charge is 2.27. The molecule has 0 spiro atoms. The second-order valence-corrected chi connectivity index (χ2v) is 3.50. The third-order valence-corrected chi connectivity index (χ3v) is 2.75. The largest absolute Gasteiger partial charge is 0.322 e. The highest BCUT2D eigenvalue weighted by molar-refractivity contribution is 5.04. The summed E-state index contributed by atoms with van der Waals surface area (Å²) >= 11 is 0. The van der Waals surface area contributed by atoms with Crippen molar-refractivity contribution in [1.82, 2.24) is 15.0 Å². The molecule has 2 N–H and O–H groups in total. The van der Waals surface area contributed by atoms with Crippen LogP contribution >= 0.6 is 0 Å². The Morgan fingerprint density at radius 2 is 2.42 bits per heavy atom. The normalized spacial score (nSPS) is 20.5. The van der Waals surface area contributed by atoms with Crippen molar-refractivity contribution in [2.24, 2.45) is 18.7 Å². The summed E-state index contributed by atoms with van der Waals surface area (Å²) in [5, 5.41) is 7.68. The molecule has 0 aromatic carbocycles. The smallest absolute Gasteiger partial charge is 0.0753 e. The zero-order chi connectivity index (χ0) is 8.55. The monoisotopic (exact) mass is 166 g/mol. The van der Waals surface area contributed by atoms with Crippen LogP contribution in [0.25, 0.3) is 0 Å². The highest BCUT2D eigenvalue weighted by atomic mass is 15.4. The van der Waals surface area contributed by atoms with Crippen LogP contribution in [0.4, 0.5) is 0 Å². The maximum atomic E-state index is 6.04. The SMILES string of the molecule is Cn1nncc1C(N)C1CCC1. The van der Waals surface area contributed by atoms with Crippen molar-refractivity contribution in [3.8, 4) is 0 Å². The van der Waals surface area contributed by atoms with Crippen molar-refractivity contribution in [2.45, 2.75) is 25.3 Å². The van der Waals surface area contributed by atoms with Crippen LogP contribution in [0.3, 0.4) is 0 Å². The van der Waals surface area contributed by atoms with Gasteiger partial charge in [0, 0.05) is 7.05 Å². The fraction of sp³-hybridized carbons (Fsp3) is 0.750. The first-order valence-electron chi connectivity index (χ1n) is 4.39. The summed E-state index contributed by atoms with van der Waals surface area (Å²) in [6.07, 6.45) is 5.60. The van der Waals surface area contributed by atoms with E-state index >= 15 is 0 Å². The van der Waals surface area contributed by atoms with Gasteiger partial charge < -0.3 is 5.73 Å². The topological polar surface area (TPSA) is 56.7 Å². The van der Waals surface area contributed by atoms with Gasteiger partial charge in [-0.15, -0.1) is 5.10 Å². The van der Waals surface area contributed by atoms with E-state index in [1.165, 1.54) is 19.3 Å². The molecule has 0 radical (unpaired) electrons. The molecule has 2 rings (SSSR count). The summed E-state index contributed by atoms with van der Waals surface area (Å²) in [5.41, 5.74) is 7.10. The van der Waals surface area contributed by atoms with E-state index in [1.54, 1.807) is 10.9 Å². The van der Waals surface area contributed by atoms with Gasteiger partial charge in [-0.25, -0.2) is 0 Å². The Kier molecular flexibility index (Phi) is 1.84. The lowest BCUT2D eigenvalue weighted by atomic mass is 9.79. The summed E-state index contributed by atoms with van der Waals surface area (Å²) in [7, 11) is 1.89. The minimum Gasteiger partial charge on any atom is -0.322 e. The molecule has 1 saturated carbocycles. The number of rotatable bonds is 2. The molecule has 4 nitrogen and oxygen atoms in total. The lowest BCUT2D eigenvalue weighted by molar-refractivity contribution is 0.257. The van der Waals surface area contributed by atoms with Crippen molar-refractivity contribution in [3.63, 3.8) is 0 Å². The zero-order valence-corrected chi connectivity index (χ0v) is 7.27. The Labute approximate surface area is 71.8 Å². The average molecular weight is 166 g/mol. The van der Waals surface area contributed by atoms with Gasteiger partial charge >= 0.3 is 0 Å². The lowest BCUT2D eigenvalue weighted by Crippen LogP contribution is -2.28. The van der Waals surface area contributed by atoms with Crippen molar-refractivity contribution in [3.05, 3.63) is 11.9 Å². The summed E-state index contributed by atoms with van der Waals surface area (Å²) in [6.45, 7) is 0. The van der Waals surface area contributed by atoms with E-state index in [9.17, 15) is 0 Å². The molecule has 1 aromatic heterocycles. The van der Waals surface area contributed by atoms with E-state index in [4.69, 9.17) is 5.73 Å². The van der Waals surface area contributed by atoms with Gasteiger partial charge in [0.15, 0.2) is 0 Å². The van der Waals surface area contributed by atoms with Gasteiger partial charge in [-0.05, 0) is 18.8 Å². The fourth-order valence-electron chi connectivity index (χ4n) is 1.64. The number of nitrogens with two attached hydrogens (primary N) is 1. The molecule has 1 fully saturated rings. The molecule has 0 bridgehead atoms. The van der Waals surface area contributed by atoms with Crippen molar-refractivity contribution < 1.29 is 0 Å². The molecular formula is C8H14N4. The van der Waals surface area contributed by atoms with Gasteiger partial charge in [-0.2, -0.15) is 0 Å². The fourth-order valence-corrected chi connectivity index (χ4v) is 1.64. The molecule has 12 heavy (non-hydrogen) atoms. The van der Waals surface area contributed by atoms with Crippen molar-refractivity contribution in [2.75, 3.05) is 0 Å². The van der Waals surface area contributed by atoms with Crippen molar-refractivity contribution >= 4 is 0 Å². The molecule has 1 unspecified atom stereocenters. The second-order valence-electron chi connectivity index (χ2n) is 3.50. The quantitative estimate of drug-likeness (QED) is 0.700. The van der Waals surface area contributed by atoms with Gasteiger partial charge in [0.2, 0.25) is 0 Å². The van der Waals surface area contributed by atoms with E-state index in [2.05, 4.69) is 10.3 Å². The van der Waals surface area contributed by atoms with Crippen LogP contribution in [0.2, 0.25) is 0 Å². The summed E-state index contributed by atoms with van der Waals surface area (Å²) in [6, 6.07) is 0.138. The van der Waals surface area contributed by atoms with Crippen LogP contribution in [0.5, 0.6) is 0 Å². The van der Waals surface area contributed by atoms with Crippen LogP contribution in [-0.4, -0.2) is 15.0 Å². The van der Waals surface area contributed by atoms with Crippen LogP contribution in [-0.2, 0) is 7.05 Å². The first kappa shape index (κ1) is 7.73. The van der Waals surface area contributed by atoms with Crippen LogP contribution < -0.4 is 5.73 Å². The van der Waals surface area contributed by atoms with Crippen LogP contribution in [0.15, 0.2) is 6.20 Å². The van der Waals surface area contributed by atoms with Gasteiger partial charge in [0.05, 0.1) is 17.9 Å². The first-order chi connectivity index (χ1) is 5.79. The van der Waals surface area contributed by atoms with Crippen molar-refractivity contribution in [1.29, 1.82) is 0 Å². The van der Waals surface area contributed by atoms with Crippen LogP contribution in [0.1, 0.15) is 31.0 Å². The summed E-state index contributed by atoms with van der Waals surface area (Å²) in [5.74, 6) is 0.655. The van der Waals surface area contributed by atoms with E-state index in [-0.39, 0.29) is 6.04 Å². The third-order valence-electron chi connectivity index (χ3n) is 2.75. The molecule has 1 aromatic rings. The maximum Gasteiger partial charge on any atom is 0.0753 e. The number of hydrogen-bond donors (Lipinski definition) is 1. The number of hydrogen-bond acceptors (Lipinski definition) is 3. The molecule has 0 saturated heterocycles. The number of aromatic nitrogens is 3. The molecule has 1 aliphatic carbocycles. The van der Waals surface area contributed by atoms with E-state index in [0.29, 0.717) is 5.92 Å². The summed E-state index contributed by atoms with van der Waals surface area (Å²) in [4.78, 5) is 0. The Balaban J connectivity index is 2.13. The van der Waals surface area contributed by atoms with E-state index < -0.39 is 0 Å². The highest BCUT2D eigenvalue weighted by Crippen LogP contribution is 2.35. The lowest BCUT2D eigenvalue weighted by Gasteiger charge is -2.30. The molecule has 1 heterocycles. The number of aryl methyl sites for hydroxylation is 1. The predicted octanol–water partition coefficient (Wildman–Crippen LogP) is 0.615.